The zero-order valence-electron chi connectivity index (χ0n) is 35.6. The number of aliphatic hydroxyl groups excluding tert-OH is 2. The number of carbonyl (C=O) groups excluding carboxylic acids is 1. The minimum atomic E-state index is -1.58. The Morgan fingerprint density at radius 2 is 1.10 bits per heavy atom. The van der Waals surface area contributed by atoms with E-state index >= 15 is 8.78 Å². The van der Waals surface area contributed by atoms with Gasteiger partial charge in [0.25, 0.3) is 0 Å². The molecule has 4 aromatic rings. The number of Topliss-reactive ketones (excluding diaryl/α,β-unsaturated/α-hetero) is 1. The van der Waals surface area contributed by atoms with Crippen molar-refractivity contribution in [2.75, 3.05) is 20.3 Å². The molecule has 0 amide bonds. The third-order valence-corrected chi connectivity index (χ3v) is 11.4. The third kappa shape index (κ3) is 11.9. The van der Waals surface area contributed by atoms with Gasteiger partial charge in [-0.25, -0.2) is 18.7 Å². The van der Waals surface area contributed by atoms with Gasteiger partial charge >= 0.3 is 29.6 Å². The summed E-state index contributed by atoms with van der Waals surface area (Å²) in [7, 11) is 1.00. The predicted octanol–water partition coefficient (Wildman–Crippen LogP) is 4.09. The van der Waals surface area contributed by atoms with Crippen LogP contribution in [0, 0.1) is 39.5 Å². The summed E-state index contributed by atoms with van der Waals surface area (Å²) in [6, 6.07) is 8.29. The monoisotopic (exact) mass is 807 g/mol. The molecule has 4 fully saturated rings. The Labute approximate surface area is 366 Å². The molecule has 4 atom stereocenters. The van der Waals surface area contributed by atoms with Crippen LogP contribution in [-0.4, -0.2) is 80.7 Å². The van der Waals surface area contributed by atoms with Crippen LogP contribution < -0.4 is 39.0 Å². The number of ether oxygens (including phenoxy) is 2. The normalized spacial score (nSPS) is 25.3. The second-order valence-corrected chi connectivity index (χ2v) is 15.8. The van der Waals surface area contributed by atoms with Crippen LogP contribution in [0.25, 0.3) is 0 Å². The first-order valence-corrected chi connectivity index (χ1v) is 19.7. The number of hydrogen-bond donors (Lipinski definition) is 2. The molecule has 4 aromatic heterocycles. The van der Waals surface area contributed by atoms with Crippen molar-refractivity contribution >= 4 is 14.2 Å². The molecule has 4 aliphatic carbocycles. The van der Waals surface area contributed by atoms with Crippen LogP contribution in [0.15, 0.2) is 49.1 Å². The average molecular weight is 808 g/mol. The summed E-state index contributed by atoms with van der Waals surface area (Å²) in [6.07, 6.45) is 10.8. The van der Waals surface area contributed by atoms with Crippen molar-refractivity contribution in [2.24, 2.45) is 11.8 Å². The topological polar surface area (TPSA) is 153 Å². The Bertz CT molecular complexity index is 1950. The minimum absolute atomic E-state index is 0. The van der Waals surface area contributed by atoms with Crippen molar-refractivity contribution in [3.63, 3.8) is 0 Å². The SMILES string of the molecule is CO.Cc1ccc(C2C[C@@H]2COc2nc(C)ncc2C2(F)CCC(=O)CC2)nc1.Cc1ccc(C2C[C@@H]2COc2nc(C)ncc2C2(F)CCC(O)CC2)nc1.[B].[H-].[Na+]. The number of aryl methyl sites for hydroxylation is 4. The van der Waals surface area contributed by atoms with Gasteiger partial charge in [-0.15, -0.1) is 0 Å². The molecule has 2 N–H and O–H groups in total. The quantitative estimate of drug-likeness (QED) is 0.223. The number of pyridine rings is 2. The van der Waals surface area contributed by atoms with Gasteiger partial charge in [0.15, 0.2) is 0 Å². The van der Waals surface area contributed by atoms with Crippen molar-refractivity contribution < 1.29 is 64.2 Å². The van der Waals surface area contributed by atoms with Crippen LogP contribution >= 0.6 is 0 Å². The second-order valence-electron chi connectivity index (χ2n) is 15.8. The van der Waals surface area contributed by atoms with E-state index in [1.165, 1.54) is 6.20 Å². The molecule has 4 heterocycles. The van der Waals surface area contributed by atoms with E-state index in [0.29, 0.717) is 84.3 Å². The molecular formula is C43H55BF2N6NaO5. The molecule has 4 aliphatic rings. The van der Waals surface area contributed by atoms with E-state index in [4.69, 9.17) is 14.6 Å². The smallest absolute Gasteiger partial charge is 1.00 e. The largest absolute Gasteiger partial charge is 1.00 e. The average Bonchev–Trinajstić information content (AvgIpc) is 4.14. The standard InChI is InChI=1S/C21H26FN3O2.C21H24FN3O2.CH4O.B.Na.H/c2*1-13-3-4-19(24-10-13)17-9-15(17)12-27-20-18(11-23-14(2)25-20)21(22)7-5-16(26)6-8-21;1-2;;;/h3-4,10-11,15-17,26H,5-9,12H2,1-2H3;3-4,10-11,15,17H,5-9,12H2,1-2H3;2H,1H3;;;/q;;;;+1;-1/t15-,16?,17?,21?;15-,17?;;;;/m11..../s1. The predicted molar refractivity (Wildman–Crippen MR) is 213 cm³/mol. The summed E-state index contributed by atoms with van der Waals surface area (Å²) < 4.78 is 42.9. The van der Waals surface area contributed by atoms with E-state index in [1.54, 1.807) is 20.0 Å². The van der Waals surface area contributed by atoms with Crippen molar-refractivity contribution in [3.05, 3.63) is 94.3 Å². The number of alkyl halides is 2. The minimum Gasteiger partial charge on any atom is -1.00 e. The number of aromatic nitrogens is 6. The molecule has 0 spiro atoms. The molecule has 0 saturated heterocycles. The molecule has 0 aromatic carbocycles. The Morgan fingerprint density at radius 3 is 1.50 bits per heavy atom. The molecule has 2 unspecified atom stereocenters. The number of ketones is 1. The number of aliphatic hydroxyl groups is 2. The Balaban J connectivity index is 0.000000289. The summed E-state index contributed by atoms with van der Waals surface area (Å²) in [6.45, 7) is 8.58. The molecule has 0 bridgehead atoms. The third-order valence-electron chi connectivity index (χ3n) is 11.4. The van der Waals surface area contributed by atoms with E-state index in [1.807, 2.05) is 26.2 Å². The second kappa shape index (κ2) is 20.7. The zero-order valence-corrected chi connectivity index (χ0v) is 36.6. The molecule has 8 rings (SSSR count). The van der Waals surface area contributed by atoms with Gasteiger partial charge in [-0.3, -0.25) is 14.8 Å². The summed E-state index contributed by atoms with van der Waals surface area (Å²) in [5.41, 5.74) is 2.17. The summed E-state index contributed by atoms with van der Waals surface area (Å²) in [5.74, 6) is 3.46. The van der Waals surface area contributed by atoms with Crippen LogP contribution in [0.3, 0.4) is 0 Å². The van der Waals surface area contributed by atoms with E-state index in [0.717, 1.165) is 42.5 Å². The fraction of sp³-hybridized carbons (Fsp3) is 0.558. The van der Waals surface area contributed by atoms with Gasteiger partial charge in [0.2, 0.25) is 11.8 Å². The molecule has 58 heavy (non-hydrogen) atoms. The first kappa shape index (κ1) is 47.3. The Kier molecular flexibility index (Phi) is 16.9. The van der Waals surface area contributed by atoms with E-state index < -0.39 is 17.4 Å². The summed E-state index contributed by atoms with van der Waals surface area (Å²) >= 11 is 0. The van der Waals surface area contributed by atoms with Crippen molar-refractivity contribution in [3.8, 4) is 11.8 Å². The first-order valence-electron chi connectivity index (χ1n) is 19.7. The number of carbonyl (C=O) groups is 1. The van der Waals surface area contributed by atoms with Gasteiger partial charge in [0.1, 0.15) is 28.8 Å². The van der Waals surface area contributed by atoms with E-state index in [2.05, 4.69) is 54.2 Å². The Hall–Kier alpha value is -3.43. The summed E-state index contributed by atoms with van der Waals surface area (Å²) in [5, 5.41) is 16.7. The van der Waals surface area contributed by atoms with E-state index in [-0.39, 0.29) is 83.7 Å². The zero-order chi connectivity index (χ0) is 40.0. The van der Waals surface area contributed by atoms with Gasteiger partial charge in [-0.1, -0.05) is 12.1 Å². The van der Waals surface area contributed by atoms with Gasteiger partial charge in [-0.2, -0.15) is 9.97 Å². The van der Waals surface area contributed by atoms with Crippen LogP contribution in [0.4, 0.5) is 8.78 Å². The van der Waals surface area contributed by atoms with Gasteiger partial charge < -0.3 is 21.1 Å². The Morgan fingerprint density at radius 1 is 0.690 bits per heavy atom. The van der Waals surface area contributed by atoms with Crippen LogP contribution in [0.5, 0.6) is 11.8 Å². The van der Waals surface area contributed by atoms with Gasteiger partial charge in [0.05, 0.1) is 30.4 Å². The number of hydrogen-bond acceptors (Lipinski definition) is 11. The summed E-state index contributed by atoms with van der Waals surface area (Å²) in [4.78, 5) is 37.6. The maximum Gasteiger partial charge on any atom is 1.00 e. The molecule has 4 saturated carbocycles. The molecule has 15 heteroatoms. The van der Waals surface area contributed by atoms with Crippen LogP contribution in [-0.2, 0) is 16.1 Å². The fourth-order valence-corrected chi connectivity index (χ4v) is 7.61. The maximum atomic E-state index is 15.5. The molecule has 0 aliphatic heterocycles. The first-order chi connectivity index (χ1) is 26.9. The fourth-order valence-electron chi connectivity index (χ4n) is 7.61. The molecule has 11 nitrogen and oxygen atoms in total. The van der Waals surface area contributed by atoms with E-state index in [9.17, 15) is 9.90 Å². The molecular weight excluding hydrogens is 752 g/mol. The van der Waals surface area contributed by atoms with Crippen molar-refractivity contribution in [1.82, 2.24) is 29.9 Å². The van der Waals surface area contributed by atoms with Crippen LogP contribution in [0.2, 0.25) is 0 Å². The van der Waals surface area contributed by atoms with Crippen LogP contribution in [0.1, 0.15) is 123 Å². The number of nitrogens with zero attached hydrogens (tertiary/aromatic N) is 6. The van der Waals surface area contributed by atoms with Crippen molar-refractivity contribution in [2.45, 2.75) is 121 Å². The van der Waals surface area contributed by atoms with Gasteiger partial charge in [0, 0.05) is 88.2 Å². The molecule has 305 valence electrons. The van der Waals surface area contributed by atoms with Crippen molar-refractivity contribution in [1.29, 1.82) is 0 Å². The number of halogens is 2. The maximum absolute atomic E-state index is 15.5. The number of rotatable bonds is 10. The van der Waals surface area contributed by atoms with Gasteiger partial charge in [-0.05, 0) is 102 Å². The molecule has 3 radical (unpaired) electrons.